The van der Waals surface area contributed by atoms with Crippen molar-refractivity contribution in [3.63, 3.8) is 0 Å². The van der Waals surface area contributed by atoms with Crippen LogP contribution in [0.5, 0.6) is 0 Å². The first-order valence-electron chi connectivity index (χ1n) is 16.8. The quantitative estimate of drug-likeness (QED) is 0.176. The first kappa shape index (κ1) is 26.2. The van der Waals surface area contributed by atoms with Gasteiger partial charge in [0, 0.05) is 38.1 Å². The summed E-state index contributed by atoms with van der Waals surface area (Å²) < 4.78 is 26.1. The van der Waals surface area contributed by atoms with Gasteiger partial charge in [-0.1, -0.05) is 103 Å². The van der Waals surface area contributed by atoms with Gasteiger partial charge >= 0.3 is 0 Å². The van der Waals surface area contributed by atoms with Crippen LogP contribution >= 0.6 is 0 Å². The topological polar surface area (TPSA) is 52.6 Å². The van der Waals surface area contributed by atoms with E-state index in [9.17, 15) is 0 Å². The maximum absolute atomic E-state index is 6.79. The summed E-state index contributed by atoms with van der Waals surface area (Å²) in [5, 5.41) is 11.9. The lowest BCUT2D eigenvalue weighted by atomic mass is 9.84. The van der Waals surface area contributed by atoms with Crippen LogP contribution in [0, 0.1) is 0 Å². The van der Waals surface area contributed by atoms with Crippen LogP contribution in [0.4, 0.5) is 0 Å². The molecule has 232 valence electrons. The molecule has 0 saturated heterocycles. The fourth-order valence-electron chi connectivity index (χ4n) is 8.49. The average molecular weight is 641 g/mol. The Morgan fingerprint density at radius 1 is 0.300 bits per heavy atom. The fraction of sp³-hybridized carbons (Fsp3) is 0. The molecule has 0 aliphatic carbocycles. The summed E-state index contributed by atoms with van der Waals surface area (Å²) >= 11 is 0. The first-order chi connectivity index (χ1) is 24.8. The Morgan fingerprint density at radius 2 is 0.800 bits per heavy atom. The molecular weight excluding hydrogens is 617 g/mol. The third-order valence-corrected chi connectivity index (χ3v) is 10.5. The Hall–Kier alpha value is -6.78. The molecular formula is C46H24O4. The summed E-state index contributed by atoms with van der Waals surface area (Å²) in [5.74, 6) is 0. The highest BCUT2D eigenvalue weighted by atomic mass is 16.4. The molecule has 4 heterocycles. The van der Waals surface area contributed by atoms with E-state index in [2.05, 4.69) is 97.1 Å². The lowest BCUT2D eigenvalue weighted by molar-refractivity contribution is 0.618. The summed E-state index contributed by atoms with van der Waals surface area (Å²) in [6.07, 6.45) is 1.79. The molecule has 8 aromatic carbocycles. The third kappa shape index (κ3) is 3.30. The Morgan fingerprint density at radius 3 is 1.46 bits per heavy atom. The van der Waals surface area contributed by atoms with Crippen LogP contribution in [0.2, 0.25) is 0 Å². The monoisotopic (exact) mass is 640 g/mol. The second-order valence-electron chi connectivity index (χ2n) is 13.1. The van der Waals surface area contributed by atoms with Crippen molar-refractivity contribution in [1.29, 1.82) is 0 Å². The van der Waals surface area contributed by atoms with Gasteiger partial charge in [-0.15, -0.1) is 0 Å². The zero-order valence-corrected chi connectivity index (χ0v) is 26.5. The summed E-state index contributed by atoms with van der Waals surface area (Å²) in [7, 11) is 0. The van der Waals surface area contributed by atoms with Crippen molar-refractivity contribution in [2.75, 3.05) is 0 Å². The average Bonchev–Trinajstić information content (AvgIpc) is 3.95. The molecule has 12 aromatic rings. The minimum Gasteiger partial charge on any atom is -0.464 e. The Balaban J connectivity index is 1.27. The van der Waals surface area contributed by atoms with Gasteiger partial charge in [0.15, 0.2) is 0 Å². The first-order valence-corrected chi connectivity index (χ1v) is 16.8. The van der Waals surface area contributed by atoms with Crippen molar-refractivity contribution in [2.45, 2.75) is 0 Å². The van der Waals surface area contributed by atoms with Crippen molar-refractivity contribution in [3.8, 4) is 22.3 Å². The maximum Gasteiger partial charge on any atom is 0.147 e. The number of para-hydroxylation sites is 3. The van der Waals surface area contributed by atoms with Gasteiger partial charge in [0.05, 0.1) is 17.0 Å². The second-order valence-corrected chi connectivity index (χ2v) is 13.1. The Bertz CT molecular complexity index is 3330. The highest BCUT2D eigenvalue weighted by Crippen LogP contribution is 2.51. The molecule has 4 aromatic heterocycles. The van der Waals surface area contributed by atoms with Crippen molar-refractivity contribution in [1.82, 2.24) is 0 Å². The molecule has 0 fully saturated rings. The normalized spacial score (nSPS) is 12.4. The van der Waals surface area contributed by atoms with E-state index in [1.807, 2.05) is 42.5 Å². The number of rotatable bonds is 2. The lowest BCUT2D eigenvalue weighted by Gasteiger charge is -2.18. The zero-order chi connectivity index (χ0) is 32.5. The predicted octanol–water partition coefficient (Wildman–Crippen LogP) is 13.8. The molecule has 4 nitrogen and oxygen atoms in total. The minimum absolute atomic E-state index is 0.808. The zero-order valence-electron chi connectivity index (χ0n) is 26.5. The highest BCUT2D eigenvalue weighted by Gasteiger charge is 2.26. The molecule has 50 heavy (non-hydrogen) atoms. The number of furan rings is 4. The molecule has 0 aliphatic rings. The Labute approximate surface area is 283 Å². The van der Waals surface area contributed by atoms with Gasteiger partial charge in [-0.05, 0) is 69.1 Å². The van der Waals surface area contributed by atoms with Gasteiger partial charge in [0.1, 0.15) is 39.1 Å². The van der Waals surface area contributed by atoms with E-state index >= 15 is 0 Å². The molecule has 0 atom stereocenters. The van der Waals surface area contributed by atoms with Crippen molar-refractivity contribution < 1.29 is 17.7 Å². The summed E-state index contributed by atoms with van der Waals surface area (Å²) in [6, 6.07) is 48.7. The standard InChI is InChI=1S/C46H24O4/c1-3-14-28-26(12-1)40(33-24-39-42(44-30(33)21-22-47-44)31-16-6-9-19-37(31)48-39)27-13-2-4-15-29(27)41(28)35-23-34-25-11-5-8-18-36(25)49-45(34)43-32-17-7-10-20-38(32)50-46(35)43/h1-24H. The van der Waals surface area contributed by atoms with Crippen molar-refractivity contribution in [3.05, 3.63) is 146 Å². The van der Waals surface area contributed by atoms with E-state index < -0.39 is 0 Å². The summed E-state index contributed by atoms with van der Waals surface area (Å²) in [5.41, 5.74) is 10.2. The highest BCUT2D eigenvalue weighted by molar-refractivity contribution is 6.31. The van der Waals surface area contributed by atoms with Gasteiger partial charge in [-0.25, -0.2) is 0 Å². The SMILES string of the molecule is c1ccc2c(c1)oc1c2cc(-c2c3ccccc3c(-c3cc4oc5ccccc5c4c4occc34)c3ccccc23)c2oc3ccccc3c21. The van der Waals surface area contributed by atoms with E-state index in [0.717, 1.165) is 121 Å². The van der Waals surface area contributed by atoms with Crippen molar-refractivity contribution >= 4 is 98.3 Å². The molecule has 0 spiro atoms. The van der Waals surface area contributed by atoms with Crippen LogP contribution in [-0.4, -0.2) is 0 Å². The van der Waals surface area contributed by atoms with Crippen LogP contribution in [0.25, 0.3) is 121 Å². The molecule has 0 N–H and O–H groups in total. The number of hydrogen-bond donors (Lipinski definition) is 0. The molecule has 0 radical (unpaired) electrons. The fourth-order valence-corrected chi connectivity index (χ4v) is 8.49. The van der Waals surface area contributed by atoms with Gasteiger partial charge < -0.3 is 17.7 Å². The van der Waals surface area contributed by atoms with E-state index in [1.54, 1.807) is 6.26 Å². The predicted molar refractivity (Wildman–Crippen MR) is 204 cm³/mol. The number of fused-ring (bicyclic) bond motifs is 14. The Kier molecular flexibility index (Phi) is 4.94. The van der Waals surface area contributed by atoms with Gasteiger partial charge in [0.25, 0.3) is 0 Å². The van der Waals surface area contributed by atoms with Gasteiger partial charge in [-0.3, -0.25) is 0 Å². The molecule has 0 saturated carbocycles. The van der Waals surface area contributed by atoms with Crippen LogP contribution < -0.4 is 0 Å². The van der Waals surface area contributed by atoms with E-state index in [-0.39, 0.29) is 0 Å². The van der Waals surface area contributed by atoms with E-state index in [1.165, 1.54) is 0 Å². The minimum atomic E-state index is 0.808. The maximum atomic E-state index is 6.79. The van der Waals surface area contributed by atoms with Crippen LogP contribution in [0.1, 0.15) is 0 Å². The molecule has 0 aliphatic heterocycles. The van der Waals surface area contributed by atoms with Crippen LogP contribution in [0.15, 0.2) is 163 Å². The number of benzene rings is 8. The molecule has 0 unspecified atom stereocenters. The smallest absolute Gasteiger partial charge is 0.147 e. The largest absolute Gasteiger partial charge is 0.464 e. The van der Waals surface area contributed by atoms with Crippen LogP contribution in [0.3, 0.4) is 0 Å². The van der Waals surface area contributed by atoms with Gasteiger partial charge in [-0.2, -0.15) is 0 Å². The summed E-state index contributed by atoms with van der Waals surface area (Å²) in [6.45, 7) is 0. The second kappa shape index (κ2) is 9.43. The molecule has 0 amide bonds. The van der Waals surface area contributed by atoms with Gasteiger partial charge in [0.2, 0.25) is 0 Å². The van der Waals surface area contributed by atoms with E-state index in [0.29, 0.717) is 0 Å². The third-order valence-electron chi connectivity index (χ3n) is 10.5. The molecule has 0 bridgehead atoms. The molecule has 4 heteroatoms. The molecule has 12 rings (SSSR count). The lowest BCUT2D eigenvalue weighted by Crippen LogP contribution is -1.92. The van der Waals surface area contributed by atoms with Crippen LogP contribution in [-0.2, 0) is 0 Å². The van der Waals surface area contributed by atoms with Crippen molar-refractivity contribution in [2.24, 2.45) is 0 Å². The van der Waals surface area contributed by atoms with E-state index in [4.69, 9.17) is 17.7 Å². The summed E-state index contributed by atoms with van der Waals surface area (Å²) in [4.78, 5) is 0. The number of hydrogen-bond acceptors (Lipinski definition) is 4.